The molecule has 0 spiro atoms. The largest absolute Gasteiger partial charge is 0.324 e. The van der Waals surface area contributed by atoms with Crippen molar-refractivity contribution in [2.24, 2.45) is 5.73 Å². The van der Waals surface area contributed by atoms with E-state index in [1.807, 2.05) is 19.1 Å². The summed E-state index contributed by atoms with van der Waals surface area (Å²) < 4.78 is 13.4. The van der Waals surface area contributed by atoms with Gasteiger partial charge in [0.25, 0.3) is 0 Å². The van der Waals surface area contributed by atoms with E-state index in [0.29, 0.717) is 5.56 Å². The minimum Gasteiger partial charge on any atom is -0.324 e. The minimum atomic E-state index is -0.276. The molecule has 1 aromatic rings. The molecular weight excluding hydrogens is 191 g/mol. The van der Waals surface area contributed by atoms with Gasteiger partial charge in [-0.1, -0.05) is 12.1 Å². The Morgan fingerprint density at radius 1 is 1.53 bits per heavy atom. The van der Waals surface area contributed by atoms with Crippen LogP contribution in [0.3, 0.4) is 0 Å². The molecule has 3 heteroatoms. The molecule has 2 rings (SSSR count). The highest BCUT2D eigenvalue weighted by Gasteiger charge is 2.36. The maximum atomic E-state index is 13.4. The predicted molar refractivity (Wildman–Crippen MR) is 59.3 cm³/mol. The molecule has 82 valence electrons. The van der Waals surface area contributed by atoms with Gasteiger partial charge in [0, 0.05) is 24.5 Å². The topological polar surface area (TPSA) is 38.0 Å². The normalized spacial score (nSPS) is 30.8. The van der Waals surface area contributed by atoms with E-state index in [9.17, 15) is 4.39 Å². The quantitative estimate of drug-likeness (QED) is 0.734. The van der Waals surface area contributed by atoms with Gasteiger partial charge in [-0.15, -0.1) is 0 Å². The summed E-state index contributed by atoms with van der Waals surface area (Å²) in [5, 5.41) is 3.25. The molecule has 1 aliphatic rings. The van der Waals surface area contributed by atoms with Crippen molar-refractivity contribution in [1.82, 2.24) is 5.32 Å². The van der Waals surface area contributed by atoms with Crippen LogP contribution in [0.2, 0.25) is 0 Å². The van der Waals surface area contributed by atoms with E-state index >= 15 is 0 Å². The Labute approximate surface area is 89.7 Å². The molecule has 1 aliphatic heterocycles. The van der Waals surface area contributed by atoms with Crippen LogP contribution in [0.4, 0.5) is 4.39 Å². The summed E-state index contributed by atoms with van der Waals surface area (Å²) in [5.74, 6) is 0.0581. The second-order valence-corrected chi connectivity index (χ2v) is 4.70. The Morgan fingerprint density at radius 2 is 2.27 bits per heavy atom. The van der Waals surface area contributed by atoms with E-state index in [2.05, 4.69) is 5.32 Å². The maximum absolute atomic E-state index is 13.4. The van der Waals surface area contributed by atoms with Gasteiger partial charge in [0.2, 0.25) is 0 Å². The summed E-state index contributed by atoms with van der Waals surface area (Å²) in [7, 11) is 0. The zero-order valence-corrected chi connectivity index (χ0v) is 9.18. The SMILES string of the molecule is Cc1ccc(C2CNCC2(C)N)cc1F. The first-order valence-corrected chi connectivity index (χ1v) is 5.26. The van der Waals surface area contributed by atoms with Crippen LogP contribution in [0.15, 0.2) is 18.2 Å². The minimum absolute atomic E-state index is 0.143. The Kier molecular flexibility index (Phi) is 2.52. The number of halogens is 1. The van der Waals surface area contributed by atoms with Crippen molar-refractivity contribution < 1.29 is 4.39 Å². The van der Waals surface area contributed by atoms with Gasteiger partial charge in [0.1, 0.15) is 5.82 Å². The number of aryl methyl sites for hydroxylation is 1. The van der Waals surface area contributed by atoms with Crippen molar-refractivity contribution in [2.75, 3.05) is 13.1 Å². The summed E-state index contributed by atoms with van der Waals surface area (Å²) in [6, 6.07) is 5.40. The average Bonchev–Trinajstić information content (AvgIpc) is 2.50. The number of nitrogens with two attached hydrogens (primary N) is 1. The van der Waals surface area contributed by atoms with Gasteiger partial charge in [-0.05, 0) is 31.0 Å². The van der Waals surface area contributed by atoms with Crippen molar-refractivity contribution >= 4 is 0 Å². The summed E-state index contributed by atoms with van der Waals surface area (Å²) in [6.07, 6.45) is 0. The number of nitrogens with one attached hydrogen (secondary N) is 1. The fraction of sp³-hybridized carbons (Fsp3) is 0.500. The first-order chi connectivity index (χ1) is 7.00. The van der Waals surface area contributed by atoms with Gasteiger partial charge >= 0.3 is 0 Å². The van der Waals surface area contributed by atoms with E-state index in [-0.39, 0.29) is 17.3 Å². The lowest BCUT2D eigenvalue weighted by Gasteiger charge is -2.26. The second-order valence-electron chi connectivity index (χ2n) is 4.70. The Morgan fingerprint density at radius 3 is 2.80 bits per heavy atom. The second kappa shape index (κ2) is 3.58. The standard InChI is InChI=1S/C12H17FN2/c1-8-3-4-9(5-11(8)13)10-6-15-7-12(10,2)14/h3-5,10,15H,6-7,14H2,1-2H3. The highest BCUT2D eigenvalue weighted by molar-refractivity contribution is 5.30. The van der Waals surface area contributed by atoms with Gasteiger partial charge in [-0.3, -0.25) is 0 Å². The van der Waals surface area contributed by atoms with E-state index in [0.717, 1.165) is 18.7 Å². The van der Waals surface area contributed by atoms with E-state index < -0.39 is 0 Å². The smallest absolute Gasteiger partial charge is 0.126 e. The average molecular weight is 208 g/mol. The molecule has 1 saturated heterocycles. The van der Waals surface area contributed by atoms with Crippen LogP contribution in [-0.2, 0) is 0 Å². The van der Waals surface area contributed by atoms with E-state index in [1.165, 1.54) is 0 Å². The van der Waals surface area contributed by atoms with Crippen molar-refractivity contribution in [3.63, 3.8) is 0 Å². The Bertz CT molecular complexity index is 374. The molecule has 15 heavy (non-hydrogen) atoms. The zero-order valence-electron chi connectivity index (χ0n) is 9.18. The van der Waals surface area contributed by atoms with Crippen LogP contribution in [0.1, 0.15) is 24.0 Å². The van der Waals surface area contributed by atoms with Gasteiger partial charge in [-0.2, -0.15) is 0 Å². The maximum Gasteiger partial charge on any atom is 0.126 e. The summed E-state index contributed by atoms with van der Waals surface area (Å²) in [6.45, 7) is 5.39. The molecule has 0 aliphatic carbocycles. The number of hydrogen-bond donors (Lipinski definition) is 2. The van der Waals surface area contributed by atoms with Crippen LogP contribution in [0.5, 0.6) is 0 Å². The molecule has 1 fully saturated rings. The molecule has 1 aromatic carbocycles. The molecule has 2 atom stereocenters. The van der Waals surface area contributed by atoms with Crippen molar-refractivity contribution in [3.05, 3.63) is 35.1 Å². The zero-order chi connectivity index (χ0) is 11.1. The van der Waals surface area contributed by atoms with Gasteiger partial charge < -0.3 is 11.1 Å². The van der Waals surface area contributed by atoms with Crippen LogP contribution in [0.25, 0.3) is 0 Å². The highest BCUT2D eigenvalue weighted by atomic mass is 19.1. The van der Waals surface area contributed by atoms with Crippen molar-refractivity contribution in [1.29, 1.82) is 0 Å². The fourth-order valence-electron chi connectivity index (χ4n) is 2.17. The van der Waals surface area contributed by atoms with Crippen LogP contribution < -0.4 is 11.1 Å². The lowest BCUT2D eigenvalue weighted by molar-refractivity contribution is 0.460. The van der Waals surface area contributed by atoms with E-state index in [1.54, 1.807) is 13.0 Å². The number of rotatable bonds is 1. The predicted octanol–water partition coefficient (Wildman–Crippen LogP) is 1.54. The molecule has 0 amide bonds. The summed E-state index contributed by atoms with van der Waals surface area (Å²) in [4.78, 5) is 0. The van der Waals surface area contributed by atoms with Crippen LogP contribution >= 0.6 is 0 Å². The molecule has 0 bridgehead atoms. The van der Waals surface area contributed by atoms with Crippen LogP contribution in [0, 0.1) is 12.7 Å². The van der Waals surface area contributed by atoms with Gasteiger partial charge in [0.05, 0.1) is 0 Å². The lowest BCUT2D eigenvalue weighted by atomic mass is 9.84. The molecular formula is C12H17FN2. The molecule has 0 saturated carbocycles. The first-order valence-electron chi connectivity index (χ1n) is 5.26. The summed E-state index contributed by atoms with van der Waals surface area (Å²) in [5.41, 5.74) is 7.56. The van der Waals surface area contributed by atoms with Gasteiger partial charge in [0.15, 0.2) is 0 Å². The summed E-state index contributed by atoms with van der Waals surface area (Å²) >= 11 is 0. The third-order valence-electron chi connectivity index (χ3n) is 3.25. The van der Waals surface area contributed by atoms with Crippen LogP contribution in [-0.4, -0.2) is 18.6 Å². The lowest BCUT2D eigenvalue weighted by Crippen LogP contribution is -2.42. The van der Waals surface area contributed by atoms with Crippen molar-refractivity contribution in [2.45, 2.75) is 25.3 Å². The fourth-order valence-corrected chi connectivity index (χ4v) is 2.17. The monoisotopic (exact) mass is 208 g/mol. The third-order valence-corrected chi connectivity index (χ3v) is 3.25. The van der Waals surface area contributed by atoms with Gasteiger partial charge in [-0.25, -0.2) is 4.39 Å². The third kappa shape index (κ3) is 1.90. The Hall–Kier alpha value is -0.930. The molecule has 3 N–H and O–H groups in total. The molecule has 0 radical (unpaired) electrons. The van der Waals surface area contributed by atoms with Crippen molar-refractivity contribution in [3.8, 4) is 0 Å². The first kappa shape index (κ1) is 10.6. The molecule has 2 nitrogen and oxygen atoms in total. The molecule has 2 unspecified atom stereocenters. The highest BCUT2D eigenvalue weighted by Crippen LogP contribution is 2.30. The van der Waals surface area contributed by atoms with E-state index in [4.69, 9.17) is 5.73 Å². The molecule has 0 aromatic heterocycles. The number of benzene rings is 1. The molecule has 1 heterocycles. The number of hydrogen-bond acceptors (Lipinski definition) is 2. The Balaban J connectivity index is 2.33.